The van der Waals surface area contributed by atoms with Crippen molar-refractivity contribution in [2.75, 3.05) is 0 Å². The van der Waals surface area contributed by atoms with E-state index in [1.165, 1.54) is 0 Å². The van der Waals surface area contributed by atoms with Crippen molar-refractivity contribution in [1.82, 2.24) is 0 Å². The predicted octanol–water partition coefficient (Wildman–Crippen LogP) is 1.11. The first-order valence-corrected chi connectivity index (χ1v) is 4.17. The average molecular weight is 238 g/mol. The summed E-state index contributed by atoms with van der Waals surface area (Å²) in [6.07, 6.45) is 2.24. The van der Waals surface area contributed by atoms with Crippen molar-refractivity contribution in [2.24, 2.45) is 0 Å². The van der Waals surface area contributed by atoms with Crippen LogP contribution < -0.4 is 0 Å². The standard InChI is InChI=1S/C6H7IO2/c7-4-2-1-3-5(8)6(4)9/h4H,1-3H2. The van der Waals surface area contributed by atoms with Crippen LogP contribution in [0.4, 0.5) is 0 Å². The maximum atomic E-state index is 10.8. The highest BCUT2D eigenvalue weighted by molar-refractivity contribution is 14.1. The number of carbonyl (C=O) groups is 2. The molecule has 0 N–H and O–H groups in total. The molecule has 9 heavy (non-hydrogen) atoms. The maximum Gasteiger partial charge on any atom is 0.211 e. The summed E-state index contributed by atoms with van der Waals surface area (Å²) >= 11 is 2.03. The minimum absolute atomic E-state index is 0.0381. The van der Waals surface area contributed by atoms with E-state index in [1.54, 1.807) is 0 Å². The lowest BCUT2D eigenvalue weighted by Crippen LogP contribution is -2.28. The molecule has 0 aromatic rings. The molecule has 0 radical (unpaired) electrons. The zero-order valence-corrected chi connectivity index (χ0v) is 7.05. The molecule has 0 bridgehead atoms. The number of hydrogen-bond acceptors (Lipinski definition) is 2. The lowest BCUT2D eigenvalue weighted by atomic mass is 9.98. The predicted molar refractivity (Wildman–Crippen MR) is 41.7 cm³/mol. The molecule has 0 aliphatic heterocycles. The Hall–Kier alpha value is 0.0700. The third-order valence-corrected chi connectivity index (χ3v) is 2.61. The van der Waals surface area contributed by atoms with Crippen LogP contribution in [0.3, 0.4) is 0 Å². The Bertz CT molecular complexity index is 153. The SMILES string of the molecule is O=C1CCCC(I)C1=O. The van der Waals surface area contributed by atoms with Gasteiger partial charge in [0.25, 0.3) is 0 Å². The molecule has 1 saturated carbocycles. The van der Waals surface area contributed by atoms with E-state index in [9.17, 15) is 9.59 Å². The summed E-state index contributed by atoms with van der Waals surface area (Å²) in [7, 11) is 0. The highest BCUT2D eigenvalue weighted by Crippen LogP contribution is 2.18. The number of hydrogen-bond donors (Lipinski definition) is 0. The second-order valence-electron chi connectivity index (χ2n) is 2.15. The van der Waals surface area contributed by atoms with Gasteiger partial charge >= 0.3 is 0 Å². The fourth-order valence-electron chi connectivity index (χ4n) is 0.871. The molecule has 1 unspecified atom stereocenters. The minimum atomic E-state index is -0.180. The molecule has 3 heteroatoms. The summed E-state index contributed by atoms with van der Waals surface area (Å²) < 4.78 is -0.0381. The van der Waals surface area contributed by atoms with Gasteiger partial charge in [-0.25, -0.2) is 0 Å². The molecule has 50 valence electrons. The Morgan fingerprint density at radius 2 is 2.11 bits per heavy atom. The number of Topliss-reactive ketones (excluding diaryl/α,β-unsaturated/α-hetero) is 2. The van der Waals surface area contributed by atoms with Crippen molar-refractivity contribution in [1.29, 1.82) is 0 Å². The largest absolute Gasteiger partial charge is 0.291 e. The molecular weight excluding hydrogens is 231 g/mol. The normalized spacial score (nSPS) is 28.8. The van der Waals surface area contributed by atoms with Crippen LogP contribution >= 0.6 is 22.6 Å². The highest BCUT2D eigenvalue weighted by Gasteiger charge is 2.26. The monoisotopic (exact) mass is 238 g/mol. The Morgan fingerprint density at radius 3 is 2.56 bits per heavy atom. The minimum Gasteiger partial charge on any atom is -0.291 e. The second-order valence-corrected chi connectivity index (χ2v) is 3.65. The van der Waals surface area contributed by atoms with E-state index in [4.69, 9.17) is 0 Å². The zero-order valence-electron chi connectivity index (χ0n) is 4.89. The number of rotatable bonds is 0. The van der Waals surface area contributed by atoms with Crippen LogP contribution in [0.25, 0.3) is 0 Å². The molecule has 0 heterocycles. The maximum absolute atomic E-state index is 10.8. The Balaban J connectivity index is 2.62. The van der Waals surface area contributed by atoms with Crippen molar-refractivity contribution in [2.45, 2.75) is 23.2 Å². The van der Waals surface area contributed by atoms with Gasteiger partial charge in [-0.05, 0) is 12.8 Å². The quantitative estimate of drug-likeness (QED) is 0.360. The highest BCUT2D eigenvalue weighted by atomic mass is 127. The molecule has 1 rings (SSSR count). The van der Waals surface area contributed by atoms with E-state index in [0.717, 1.165) is 12.8 Å². The lowest BCUT2D eigenvalue weighted by molar-refractivity contribution is -0.137. The summed E-state index contributed by atoms with van der Waals surface area (Å²) in [6.45, 7) is 0. The number of halogens is 1. The van der Waals surface area contributed by atoms with Gasteiger partial charge in [0.05, 0.1) is 3.92 Å². The Labute approximate surface area is 67.1 Å². The fraction of sp³-hybridized carbons (Fsp3) is 0.667. The van der Waals surface area contributed by atoms with Gasteiger partial charge in [-0.15, -0.1) is 0 Å². The number of alkyl halides is 1. The van der Waals surface area contributed by atoms with Gasteiger partial charge in [0.15, 0.2) is 5.78 Å². The van der Waals surface area contributed by atoms with Crippen LogP contribution in [0.1, 0.15) is 19.3 Å². The van der Waals surface area contributed by atoms with Gasteiger partial charge in [0, 0.05) is 6.42 Å². The fourth-order valence-corrected chi connectivity index (χ4v) is 1.66. The molecule has 0 spiro atoms. The summed E-state index contributed by atoms with van der Waals surface area (Å²) in [5.74, 6) is -0.359. The first kappa shape index (κ1) is 7.18. The summed E-state index contributed by atoms with van der Waals surface area (Å²) in [6, 6.07) is 0. The van der Waals surface area contributed by atoms with E-state index in [-0.39, 0.29) is 15.5 Å². The van der Waals surface area contributed by atoms with Gasteiger partial charge in [-0.1, -0.05) is 22.6 Å². The Kier molecular flexibility index (Phi) is 2.21. The molecule has 1 atom stereocenters. The van der Waals surface area contributed by atoms with Crippen LogP contribution in [-0.2, 0) is 9.59 Å². The van der Waals surface area contributed by atoms with Gasteiger partial charge in [-0.3, -0.25) is 9.59 Å². The van der Waals surface area contributed by atoms with Crippen molar-refractivity contribution >= 4 is 34.2 Å². The van der Waals surface area contributed by atoms with Gasteiger partial charge in [0.2, 0.25) is 5.78 Å². The average Bonchev–Trinajstić information content (AvgIpc) is 1.83. The third kappa shape index (κ3) is 1.50. The van der Waals surface area contributed by atoms with E-state index in [0.29, 0.717) is 6.42 Å². The van der Waals surface area contributed by atoms with Crippen LogP contribution in [0, 0.1) is 0 Å². The van der Waals surface area contributed by atoms with Gasteiger partial charge in [-0.2, -0.15) is 0 Å². The third-order valence-electron chi connectivity index (χ3n) is 1.42. The topological polar surface area (TPSA) is 34.1 Å². The van der Waals surface area contributed by atoms with Crippen LogP contribution in [0.15, 0.2) is 0 Å². The van der Waals surface area contributed by atoms with Crippen LogP contribution in [-0.4, -0.2) is 15.5 Å². The van der Waals surface area contributed by atoms with Crippen molar-refractivity contribution < 1.29 is 9.59 Å². The molecular formula is C6H7IO2. The molecule has 0 amide bonds. The van der Waals surface area contributed by atoms with E-state index in [2.05, 4.69) is 0 Å². The summed E-state index contributed by atoms with van der Waals surface area (Å²) in [4.78, 5) is 21.4. The van der Waals surface area contributed by atoms with Crippen molar-refractivity contribution in [3.05, 3.63) is 0 Å². The van der Waals surface area contributed by atoms with Gasteiger partial charge in [0.1, 0.15) is 0 Å². The first-order valence-electron chi connectivity index (χ1n) is 2.93. The van der Waals surface area contributed by atoms with Crippen molar-refractivity contribution in [3.63, 3.8) is 0 Å². The summed E-state index contributed by atoms with van der Waals surface area (Å²) in [5.41, 5.74) is 0. The zero-order chi connectivity index (χ0) is 6.85. The Morgan fingerprint density at radius 1 is 1.44 bits per heavy atom. The van der Waals surface area contributed by atoms with Crippen LogP contribution in [0.2, 0.25) is 0 Å². The molecule has 0 aromatic carbocycles. The van der Waals surface area contributed by atoms with Crippen LogP contribution in [0.5, 0.6) is 0 Å². The molecule has 2 nitrogen and oxygen atoms in total. The van der Waals surface area contributed by atoms with E-state index >= 15 is 0 Å². The van der Waals surface area contributed by atoms with Crippen molar-refractivity contribution in [3.8, 4) is 0 Å². The van der Waals surface area contributed by atoms with E-state index < -0.39 is 0 Å². The summed E-state index contributed by atoms with van der Waals surface area (Å²) in [5, 5.41) is 0. The number of carbonyl (C=O) groups excluding carboxylic acids is 2. The second kappa shape index (κ2) is 2.77. The molecule has 1 aliphatic carbocycles. The lowest BCUT2D eigenvalue weighted by Gasteiger charge is -2.12. The number of ketones is 2. The van der Waals surface area contributed by atoms with Gasteiger partial charge < -0.3 is 0 Å². The molecule has 0 saturated heterocycles. The smallest absolute Gasteiger partial charge is 0.211 e. The molecule has 1 fully saturated rings. The van der Waals surface area contributed by atoms with E-state index in [1.807, 2.05) is 22.6 Å². The molecule has 0 aromatic heterocycles. The molecule has 1 aliphatic rings. The first-order chi connectivity index (χ1) is 4.22.